The van der Waals surface area contributed by atoms with E-state index in [1.807, 2.05) is 30.3 Å². The Morgan fingerprint density at radius 3 is 3.12 bits per heavy atom. The molecule has 2 aromatic rings. The zero-order chi connectivity index (χ0) is 17.6. The van der Waals surface area contributed by atoms with Crippen LogP contribution in [0, 0.1) is 0 Å². The van der Waals surface area contributed by atoms with E-state index in [0.717, 1.165) is 42.3 Å². The van der Waals surface area contributed by atoms with Gasteiger partial charge in [0.05, 0.1) is 18.2 Å². The summed E-state index contributed by atoms with van der Waals surface area (Å²) in [7, 11) is 0. The van der Waals surface area contributed by atoms with Gasteiger partial charge in [-0.2, -0.15) is 0 Å². The second-order valence-electron chi connectivity index (χ2n) is 6.50. The van der Waals surface area contributed by atoms with Gasteiger partial charge in [0.2, 0.25) is 0 Å². The summed E-state index contributed by atoms with van der Waals surface area (Å²) in [5.41, 5.74) is 3.05. The van der Waals surface area contributed by atoms with Gasteiger partial charge in [-0.15, -0.1) is 0 Å². The van der Waals surface area contributed by atoms with Crippen molar-refractivity contribution in [3.8, 4) is 0 Å². The molecule has 6 heteroatoms. The topological polar surface area (TPSA) is 86.3 Å². The predicted octanol–water partition coefficient (Wildman–Crippen LogP) is 2.31. The van der Waals surface area contributed by atoms with E-state index < -0.39 is 5.97 Å². The Hall–Kier alpha value is -2.60. The number of carboxylic acid groups (broad SMARTS) is 1. The van der Waals surface area contributed by atoms with E-state index in [1.54, 1.807) is 6.20 Å². The molecule has 4 N–H and O–H groups in total. The molecule has 0 saturated carbocycles. The lowest BCUT2D eigenvalue weighted by atomic mass is 9.98. The summed E-state index contributed by atoms with van der Waals surface area (Å²) in [6.45, 7) is 4.68. The maximum absolute atomic E-state index is 10.9. The monoisotopic (exact) mass is 340 g/mol. The van der Waals surface area contributed by atoms with Crippen molar-refractivity contribution in [2.45, 2.75) is 25.3 Å². The highest BCUT2D eigenvalue weighted by Gasteiger charge is 2.17. The van der Waals surface area contributed by atoms with E-state index in [2.05, 4.69) is 33.9 Å². The lowest BCUT2D eigenvalue weighted by Gasteiger charge is -2.28. The average molecular weight is 340 g/mol. The Balaban J connectivity index is 1.48. The number of rotatable bonds is 7. The lowest BCUT2D eigenvalue weighted by molar-refractivity contribution is -0.136. The standard InChI is InChI=1S/C19H24N4O2/c1-13(15-5-2-4-14(8-15)9-18(24)25)10-20-11-16-12-22-17-6-3-7-21-19(17)23-16/h2-8,13,16,20,22H,9-12H2,1H3,(H,21,23)(H,24,25). The Labute approximate surface area is 147 Å². The summed E-state index contributed by atoms with van der Waals surface area (Å²) in [4.78, 5) is 15.2. The number of benzene rings is 1. The SMILES string of the molecule is CC(CNCC1CNc2cccnc2N1)c1cccc(CC(=O)O)c1. The smallest absolute Gasteiger partial charge is 0.307 e. The first-order valence-electron chi connectivity index (χ1n) is 8.58. The quantitative estimate of drug-likeness (QED) is 0.619. The molecular formula is C19H24N4O2. The molecule has 1 aromatic heterocycles. The molecule has 0 amide bonds. The van der Waals surface area contributed by atoms with E-state index in [1.165, 1.54) is 0 Å². The molecule has 1 aliphatic rings. The number of nitrogens with zero attached hydrogens (tertiary/aromatic N) is 1. The lowest BCUT2D eigenvalue weighted by Crippen LogP contribution is -2.42. The van der Waals surface area contributed by atoms with Crippen LogP contribution < -0.4 is 16.0 Å². The number of fused-ring (bicyclic) bond motifs is 1. The molecule has 0 spiro atoms. The Bertz CT molecular complexity index is 735. The summed E-state index contributed by atoms with van der Waals surface area (Å²) >= 11 is 0. The molecule has 2 heterocycles. The zero-order valence-corrected chi connectivity index (χ0v) is 14.3. The van der Waals surface area contributed by atoms with E-state index in [-0.39, 0.29) is 12.5 Å². The van der Waals surface area contributed by atoms with Crippen molar-refractivity contribution in [1.82, 2.24) is 10.3 Å². The third-order valence-electron chi connectivity index (χ3n) is 4.40. The molecule has 25 heavy (non-hydrogen) atoms. The number of hydrogen-bond acceptors (Lipinski definition) is 5. The van der Waals surface area contributed by atoms with Crippen molar-refractivity contribution in [3.05, 3.63) is 53.7 Å². The van der Waals surface area contributed by atoms with Crippen LogP contribution in [0.5, 0.6) is 0 Å². The fourth-order valence-corrected chi connectivity index (χ4v) is 3.04. The molecular weight excluding hydrogens is 316 g/mol. The largest absolute Gasteiger partial charge is 0.481 e. The Morgan fingerprint density at radius 2 is 2.28 bits per heavy atom. The normalized spacial score (nSPS) is 17.1. The van der Waals surface area contributed by atoms with Gasteiger partial charge < -0.3 is 21.1 Å². The predicted molar refractivity (Wildman–Crippen MR) is 99.2 cm³/mol. The fourth-order valence-electron chi connectivity index (χ4n) is 3.04. The number of aromatic nitrogens is 1. The summed E-state index contributed by atoms with van der Waals surface area (Å²) in [5, 5.41) is 19.2. The third kappa shape index (κ3) is 4.70. The van der Waals surface area contributed by atoms with Gasteiger partial charge in [-0.3, -0.25) is 4.79 Å². The van der Waals surface area contributed by atoms with Crippen molar-refractivity contribution >= 4 is 17.5 Å². The molecule has 0 aliphatic carbocycles. The van der Waals surface area contributed by atoms with Gasteiger partial charge in [-0.05, 0) is 29.2 Å². The van der Waals surface area contributed by atoms with Crippen LogP contribution in [0.15, 0.2) is 42.6 Å². The van der Waals surface area contributed by atoms with Crippen molar-refractivity contribution in [2.75, 3.05) is 30.3 Å². The Morgan fingerprint density at radius 1 is 1.40 bits per heavy atom. The minimum atomic E-state index is -0.798. The van der Waals surface area contributed by atoms with E-state index in [0.29, 0.717) is 5.92 Å². The first-order chi connectivity index (χ1) is 12.1. The fraction of sp³-hybridized carbons (Fsp3) is 0.368. The first-order valence-corrected chi connectivity index (χ1v) is 8.58. The van der Waals surface area contributed by atoms with Crippen molar-refractivity contribution in [2.24, 2.45) is 0 Å². The van der Waals surface area contributed by atoms with Gasteiger partial charge in [-0.25, -0.2) is 4.98 Å². The minimum absolute atomic E-state index is 0.0675. The number of anilines is 2. The molecule has 1 aromatic carbocycles. The third-order valence-corrected chi connectivity index (χ3v) is 4.40. The highest BCUT2D eigenvalue weighted by atomic mass is 16.4. The van der Waals surface area contributed by atoms with Gasteiger partial charge in [0.15, 0.2) is 0 Å². The first kappa shape index (κ1) is 17.2. The molecule has 0 bridgehead atoms. The molecule has 0 fully saturated rings. The summed E-state index contributed by atoms with van der Waals surface area (Å²) in [6.07, 6.45) is 1.85. The number of hydrogen-bond donors (Lipinski definition) is 4. The number of aliphatic carboxylic acids is 1. The summed E-state index contributed by atoms with van der Waals surface area (Å²) < 4.78 is 0. The minimum Gasteiger partial charge on any atom is -0.481 e. The van der Waals surface area contributed by atoms with E-state index in [4.69, 9.17) is 5.11 Å². The van der Waals surface area contributed by atoms with Crippen molar-refractivity contribution in [1.29, 1.82) is 0 Å². The molecule has 3 rings (SSSR count). The summed E-state index contributed by atoms with van der Waals surface area (Å²) in [6, 6.07) is 12.1. The second kappa shape index (κ2) is 7.98. The van der Waals surface area contributed by atoms with Gasteiger partial charge in [-0.1, -0.05) is 31.2 Å². The Kier molecular flexibility index (Phi) is 5.50. The zero-order valence-electron chi connectivity index (χ0n) is 14.3. The van der Waals surface area contributed by atoms with Crippen LogP contribution in [0.1, 0.15) is 24.0 Å². The number of carbonyl (C=O) groups is 1. The second-order valence-corrected chi connectivity index (χ2v) is 6.50. The molecule has 0 saturated heterocycles. The van der Waals surface area contributed by atoms with Crippen LogP contribution >= 0.6 is 0 Å². The van der Waals surface area contributed by atoms with Crippen LogP contribution in [0.2, 0.25) is 0 Å². The van der Waals surface area contributed by atoms with Crippen LogP contribution in [0.4, 0.5) is 11.5 Å². The van der Waals surface area contributed by atoms with Gasteiger partial charge in [0.1, 0.15) is 5.82 Å². The highest BCUT2D eigenvalue weighted by molar-refractivity contribution is 5.70. The van der Waals surface area contributed by atoms with E-state index >= 15 is 0 Å². The number of carboxylic acids is 1. The van der Waals surface area contributed by atoms with Gasteiger partial charge in [0.25, 0.3) is 0 Å². The molecule has 6 nitrogen and oxygen atoms in total. The van der Waals surface area contributed by atoms with Gasteiger partial charge >= 0.3 is 5.97 Å². The van der Waals surface area contributed by atoms with Crippen molar-refractivity contribution in [3.63, 3.8) is 0 Å². The highest BCUT2D eigenvalue weighted by Crippen LogP contribution is 2.22. The van der Waals surface area contributed by atoms with E-state index in [9.17, 15) is 4.79 Å². The maximum Gasteiger partial charge on any atom is 0.307 e. The van der Waals surface area contributed by atoms with Crippen LogP contribution in [0.25, 0.3) is 0 Å². The molecule has 132 valence electrons. The maximum atomic E-state index is 10.9. The number of pyridine rings is 1. The van der Waals surface area contributed by atoms with Gasteiger partial charge in [0, 0.05) is 25.8 Å². The molecule has 2 unspecified atom stereocenters. The molecule has 2 atom stereocenters. The van der Waals surface area contributed by atoms with Crippen LogP contribution in [0.3, 0.4) is 0 Å². The number of nitrogens with one attached hydrogen (secondary N) is 3. The molecule has 1 aliphatic heterocycles. The van der Waals surface area contributed by atoms with Crippen LogP contribution in [-0.4, -0.2) is 41.7 Å². The van der Waals surface area contributed by atoms with Crippen LogP contribution in [-0.2, 0) is 11.2 Å². The van der Waals surface area contributed by atoms with Crippen molar-refractivity contribution < 1.29 is 9.90 Å². The summed E-state index contributed by atoms with van der Waals surface area (Å²) in [5.74, 6) is 0.415. The molecule has 0 radical (unpaired) electrons. The average Bonchev–Trinajstić information content (AvgIpc) is 2.61.